The molecule has 184 valence electrons. The fraction of sp³-hybridized carbons (Fsp3) is 0.222. The van der Waals surface area contributed by atoms with Crippen molar-refractivity contribution in [2.24, 2.45) is 0 Å². The van der Waals surface area contributed by atoms with Crippen LogP contribution in [0.1, 0.15) is 30.0 Å². The maximum Gasteiger partial charge on any atom is 0.354 e. The second kappa shape index (κ2) is 8.76. The first kappa shape index (κ1) is 23.5. The first-order valence-electron chi connectivity index (χ1n) is 11.3. The van der Waals surface area contributed by atoms with E-state index >= 15 is 0 Å². The summed E-state index contributed by atoms with van der Waals surface area (Å²) in [6.07, 6.45) is 1.75. The van der Waals surface area contributed by atoms with Crippen molar-refractivity contribution in [3.8, 4) is 22.7 Å². The van der Waals surface area contributed by atoms with Gasteiger partial charge in [0, 0.05) is 45.8 Å². The van der Waals surface area contributed by atoms with Crippen molar-refractivity contribution < 1.29 is 23.8 Å². The third-order valence-corrected chi connectivity index (χ3v) is 6.30. The molecule has 0 unspecified atom stereocenters. The molecule has 36 heavy (non-hydrogen) atoms. The van der Waals surface area contributed by atoms with Crippen LogP contribution in [-0.2, 0) is 10.2 Å². The Bertz CT molecular complexity index is 1600. The number of nitrogens with zero attached hydrogens (tertiary/aromatic N) is 3. The maximum atomic E-state index is 13.9. The summed E-state index contributed by atoms with van der Waals surface area (Å²) < 4.78 is 27.2. The van der Waals surface area contributed by atoms with E-state index in [1.807, 2.05) is 12.1 Å². The van der Waals surface area contributed by atoms with E-state index in [4.69, 9.17) is 9.47 Å². The number of methoxy groups -OCH3 is 2. The first-order valence-corrected chi connectivity index (χ1v) is 11.3. The molecule has 5 aromatic rings. The van der Waals surface area contributed by atoms with Gasteiger partial charge in [-0.3, -0.25) is 5.10 Å². The zero-order chi connectivity index (χ0) is 25.6. The molecule has 5 rings (SSSR count). The van der Waals surface area contributed by atoms with Crippen LogP contribution in [0.2, 0.25) is 0 Å². The van der Waals surface area contributed by atoms with Gasteiger partial charge in [-0.25, -0.2) is 14.2 Å². The molecule has 8 nitrogen and oxygen atoms in total. The summed E-state index contributed by atoms with van der Waals surface area (Å²) in [6.45, 7) is 4.51. The maximum absolute atomic E-state index is 13.9. The topological polar surface area (TPSA) is 102 Å². The Morgan fingerprint density at radius 2 is 1.89 bits per heavy atom. The lowest BCUT2D eigenvalue weighted by molar-refractivity contribution is 0.0689. The Balaban J connectivity index is 1.98. The van der Waals surface area contributed by atoms with E-state index in [2.05, 4.69) is 33.6 Å². The van der Waals surface area contributed by atoms with Crippen molar-refractivity contribution in [1.82, 2.24) is 19.7 Å². The van der Waals surface area contributed by atoms with Crippen molar-refractivity contribution >= 4 is 27.8 Å². The molecule has 3 aromatic heterocycles. The van der Waals surface area contributed by atoms with E-state index in [0.29, 0.717) is 12.2 Å². The van der Waals surface area contributed by atoms with Crippen LogP contribution in [0.15, 0.2) is 54.7 Å². The third-order valence-electron chi connectivity index (χ3n) is 6.30. The molecule has 0 saturated carbocycles. The van der Waals surface area contributed by atoms with Crippen LogP contribution in [0.25, 0.3) is 38.6 Å². The molecular formula is C27H25FN4O4. The molecule has 0 fully saturated rings. The molecule has 9 heteroatoms. The largest absolute Gasteiger partial charge is 0.481 e. The number of nitrogens with one attached hydrogen (secondary N) is 1. The van der Waals surface area contributed by atoms with Gasteiger partial charge >= 0.3 is 5.97 Å². The first-order chi connectivity index (χ1) is 17.2. The van der Waals surface area contributed by atoms with Crippen LogP contribution in [0.3, 0.4) is 0 Å². The molecule has 0 saturated heterocycles. The standard InChI is InChI=1S/C27H25FN4O4/c1-27(2,14-35-3)24-23(18-9-10-20(26(33)34)30-25(18)36-4)19-12-21-15(13-29-31-21)11-22(19)32(24)17-7-5-16(28)6-8-17/h5-13H,14H2,1-4H3,(H,29,31)(H,33,34). The number of hydrogen-bond acceptors (Lipinski definition) is 5. The normalized spacial score (nSPS) is 11.9. The Hall–Kier alpha value is -4.24. The Morgan fingerprint density at radius 3 is 2.56 bits per heavy atom. The van der Waals surface area contributed by atoms with Gasteiger partial charge in [0.25, 0.3) is 0 Å². The fourth-order valence-corrected chi connectivity index (χ4v) is 4.83. The quantitative estimate of drug-likeness (QED) is 0.321. The third kappa shape index (κ3) is 3.77. The number of halogens is 1. The second-order valence-corrected chi connectivity index (χ2v) is 9.24. The highest BCUT2D eigenvalue weighted by Gasteiger charge is 2.33. The monoisotopic (exact) mass is 488 g/mol. The zero-order valence-electron chi connectivity index (χ0n) is 20.3. The van der Waals surface area contributed by atoms with Crippen molar-refractivity contribution in [1.29, 1.82) is 0 Å². The molecule has 2 aromatic carbocycles. The lowest BCUT2D eigenvalue weighted by Crippen LogP contribution is -2.27. The van der Waals surface area contributed by atoms with Crippen molar-refractivity contribution in [3.63, 3.8) is 0 Å². The number of H-pyrrole nitrogens is 1. The van der Waals surface area contributed by atoms with Crippen molar-refractivity contribution in [3.05, 3.63) is 71.9 Å². The number of carboxylic acid groups (broad SMARTS) is 1. The molecule has 0 aliphatic carbocycles. The lowest BCUT2D eigenvalue weighted by Gasteiger charge is -2.28. The molecule has 0 atom stereocenters. The molecule has 3 heterocycles. The summed E-state index contributed by atoms with van der Waals surface area (Å²) in [6, 6.07) is 13.5. The number of rotatable bonds is 7. The molecule has 0 aliphatic heterocycles. The van der Waals surface area contributed by atoms with Gasteiger partial charge < -0.3 is 19.1 Å². The number of fused-ring (bicyclic) bond motifs is 2. The van der Waals surface area contributed by atoms with E-state index in [9.17, 15) is 14.3 Å². The van der Waals surface area contributed by atoms with E-state index in [0.717, 1.165) is 38.8 Å². The minimum Gasteiger partial charge on any atom is -0.481 e. The van der Waals surface area contributed by atoms with E-state index in [-0.39, 0.29) is 17.4 Å². The highest BCUT2D eigenvalue weighted by atomic mass is 19.1. The van der Waals surface area contributed by atoms with Gasteiger partial charge in [-0.2, -0.15) is 5.10 Å². The van der Waals surface area contributed by atoms with Gasteiger partial charge in [0.2, 0.25) is 5.88 Å². The number of aromatic amines is 1. The summed E-state index contributed by atoms with van der Waals surface area (Å²) >= 11 is 0. The average Bonchev–Trinajstić information content (AvgIpc) is 3.44. The number of hydrogen-bond donors (Lipinski definition) is 2. The fourth-order valence-electron chi connectivity index (χ4n) is 4.83. The molecule has 0 bridgehead atoms. The molecule has 0 amide bonds. The van der Waals surface area contributed by atoms with Gasteiger partial charge in [0.15, 0.2) is 5.69 Å². The average molecular weight is 489 g/mol. The summed E-state index contributed by atoms with van der Waals surface area (Å²) in [4.78, 5) is 15.9. The number of pyridine rings is 1. The number of carboxylic acids is 1. The number of aromatic nitrogens is 4. The molecule has 2 N–H and O–H groups in total. The summed E-state index contributed by atoms with van der Waals surface area (Å²) in [5, 5.41) is 18.5. The zero-order valence-corrected chi connectivity index (χ0v) is 20.3. The van der Waals surface area contributed by atoms with Gasteiger partial charge in [-0.1, -0.05) is 13.8 Å². The molecule has 0 spiro atoms. The van der Waals surface area contributed by atoms with E-state index in [1.165, 1.54) is 25.3 Å². The predicted octanol–water partition coefficient (Wildman–Crippen LogP) is 5.34. The highest BCUT2D eigenvalue weighted by molar-refractivity contribution is 6.06. The van der Waals surface area contributed by atoms with E-state index in [1.54, 1.807) is 31.5 Å². The van der Waals surface area contributed by atoms with Crippen LogP contribution in [0, 0.1) is 5.82 Å². The smallest absolute Gasteiger partial charge is 0.354 e. The minimum atomic E-state index is -1.15. The van der Waals surface area contributed by atoms with Crippen LogP contribution < -0.4 is 4.74 Å². The van der Waals surface area contributed by atoms with Gasteiger partial charge in [0.05, 0.1) is 30.9 Å². The minimum absolute atomic E-state index is 0.119. The molecule has 0 aliphatic rings. The van der Waals surface area contributed by atoms with Crippen LogP contribution in [-0.4, -0.2) is 51.7 Å². The van der Waals surface area contributed by atoms with Crippen LogP contribution in [0.5, 0.6) is 5.88 Å². The Labute approximate surface area is 206 Å². The summed E-state index contributed by atoms with van der Waals surface area (Å²) in [5.41, 5.74) is 4.16. The number of ether oxygens (including phenoxy) is 2. The Kier molecular flexibility index (Phi) is 5.72. The van der Waals surface area contributed by atoms with Gasteiger partial charge in [-0.15, -0.1) is 0 Å². The predicted molar refractivity (Wildman–Crippen MR) is 135 cm³/mol. The number of carbonyl (C=O) groups is 1. The van der Waals surface area contributed by atoms with Crippen LogP contribution >= 0.6 is 0 Å². The number of benzene rings is 2. The molecular weight excluding hydrogens is 463 g/mol. The lowest BCUT2D eigenvalue weighted by atomic mass is 9.85. The summed E-state index contributed by atoms with van der Waals surface area (Å²) in [5.74, 6) is -1.29. The second-order valence-electron chi connectivity index (χ2n) is 9.24. The molecule has 0 radical (unpaired) electrons. The summed E-state index contributed by atoms with van der Waals surface area (Å²) in [7, 11) is 3.11. The van der Waals surface area contributed by atoms with Crippen LogP contribution in [0.4, 0.5) is 4.39 Å². The van der Waals surface area contributed by atoms with Gasteiger partial charge in [0.1, 0.15) is 5.82 Å². The highest BCUT2D eigenvalue weighted by Crippen LogP contribution is 2.46. The SMILES string of the molecule is COCC(C)(C)c1c(-c2ccc(C(=O)O)nc2OC)c2cc3[nH]ncc3cc2n1-c1ccc(F)cc1. The van der Waals surface area contributed by atoms with Crippen molar-refractivity contribution in [2.75, 3.05) is 20.8 Å². The van der Waals surface area contributed by atoms with Gasteiger partial charge in [-0.05, 0) is 48.5 Å². The van der Waals surface area contributed by atoms with Crippen molar-refractivity contribution in [2.45, 2.75) is 19.3 Å². The number of aromatic carboxylic acids is 1. The Morgan fingerprint density at radius 1 is 1.14 bits per heavy atom. The van der Waals surface area contributed by atoms with E-state index < -0.39 is 11.4 Å².